The van der Waals surface area contributed by atoms with Crippen LogP contribution >= 0.6 is 11.8 Å². The average Bonchev–Trinajstić information content (AvgIpc) is 1.83. The maximum atomic E-state index is 5.35. The van der Waals surface area contributed by atoms with Gasteiger partial charge in [-0.2, -0.15) is 0 Å². The molecule has 3 N–H and O–H groups in total. The van der Waals surface area contributed by atoms with Crippen LogP contribution in [0.3, 0.4) is 0 Å². The topological polar surface area (TPSA) is 49.2 Å². The highest BCUT2D eigenvalue weighted by Crippen LogP contribution is 1.80. The molecule has 0 bridgehead atoms. The van der Waals surface area contributed by atoms with Gasteiger partial charge in [0.05, 0.1) is 0 Å². The average molecular weight is 262 g/mol. The van der Waals surface area contributed by atoms with Crippen LogP contribution in [0.5, 0.6) is 0 Å². The lowest BCUT2D eigenvalue weighted by Crippen LogP contribution is -3.00. The van der Waals surface area contributed by atoms with Crippen molar-refractivity contribution in [2.24, 2.45) is 5.73 Å². The molecule has 0 amide bonds. The SMILES string of the molecule is COC[NH+]=C(N)SC.[I-]. The summed E-state index contributed by atoms with van der Waals surface area (Å²) in [6.07, 6.45) is 1.90. The van der Waals surface area contributed by atoms with Gasteiger partial charge in [0, 0.05) is 7.11 Å². The predicted molar refractivity (Wildman–Crippen MR) is 35.5 cm³/mol. The van der Waals surface area contributed by atoms with E-state index in [0.29, 0.717) is 11.9 Å². The second-order valence-electron chi connectivity index (χ2n) is 1.18. The van der Waals surface area contributed by atoms with Crippen molar-refractivity contribution in [2.75, 3.05) is 20.1 Å². The van der Waals surface area contributed by atoms with Crippen molar-refractivity contribution < 1.29 is 33.7 Å². The minimum Gasteiger partial charge on any atom is -1.00 e. The second kappa shape index (κ2) is 8.51. The monoisotopic (exact) mass is 262 g/mol. The van der Waals surface area contributed by atoms with Gasteiger partial charge in [-0.1, -0.05) is 0 Å². The first-order valence-electron chi connectivity index (χ1n) is 2.20. The van der Waals surface area contributed by atoms with E-state index in [9.17, 15) is 0 Å². The Labute approximate surface area is 76.4 Å². The number of amidine groups is 1. The number of halogens is 1. The second-order valence-corrected chi connectivity index (χ2v) is 2.03. The van der Waals surface area contributed by atoms with Crippen LogP contribution in [0.1, 0.15) is 0 Å². The van der Waals surface area contributed by atoms with Crippen molar-refractivity contribution in [1.29, 1.82) is 0 Å². The quantitative estimate of drug-likeness (QED) is 0.228. The first kappa shape index (κ1) is 12.2. The summed E-state index contributed by atoms with van der Waals surface area (Å²) in [5.74, 6) is 0. The Morgan fingerprint density at radius 3 is 2.67 bits per heavy atom. The van der Waals surface area contributed by atoms with Gasteiger partial charge < -0.3 is 28.7 Å². The molecule has 9 heavy (non-hydrogen) atoms. The molecule has 0 unspecified atom stereocenters. The zero-order valence-corrected chi connectivity index (χ0v) is 8.45. The van der Waals surface area contributed by atoms with E-state index in [1.54, 1.807) is 7.11 Å². The number of methoxy groups -OCH3 is 1. The Morgan fingerprint density at radius 1 is 1.78 bits per heavy atom. The molecule has 5 heteroatoms. The molecule has 0 atom stereocenters. The summed E-state index contributed by atoms with van der Waals surface area (Å²) in [6.45, 7) is 0.479. The van der Waals surface area contributed by atoms with Gasteiger partial charge in [0.15, 0.2) is 6.73 Å². The Kier molecular flexibility index (Phi) is 11.5. The molecule has 0 aliphatic heterocycles. The summed E-state index contributed by atoms with van der Waals surface area (Å²) in [4.78, 5) is 2.82. The highest BCUT2D eigenvalue weighted by atomic mass is 127. The van der Waals surface area contributed by atoms with E-state index in [-0.39, 0.29) is 24.0 Å². The van der Waals surface area contributed by atoms with Gasteiger partial charge in [0.2, 0.25) is 0 Å². The molecule has 0 saturated carbocycles. The van der Waals surface area contributed by atoms with Crippen LogP contribution in [0.25, 0.3) is 0 Å². The fraction of sp³-hybridized carbons (Fsp3) is 0.750. The molecule has 0 aromatic rings. The Bertz CT molecular complexity index is 88.6. The van der Waals surface area contributed by atoms with E-state index in [0.717, 1.165) is 0 Å². The number of rotatable bonds is 2. The maximum absolute atomic E-state index is 5.35. The van der Waals surface area contributed by atoms with E-state index in [1.165, 1.54) is 11.8 Å². The Morgan fingerprint density at radius 2 is 2.33 bits per heavy atom. The third kappa shape index (κ3) is 8.51. The molecule has 0 heterocycles. The van der Waals surface area contributed by atoms with Gasteiger partial charge >= 0.3 is 5.17 Å². The molecule has 3 nitrogen and oxygen atoms in total. The fourth-order valence-electron chi connectivity index (χ4n) is 0.215. The van der Waals surface area contributed by atoms with Crippen molar-refractivity contribution in [3.05, 3.63) is 0 Å². The normalized spacial score (nSPS) is 10.7. The standard InChI is InChI=1S/C4H10N2OS.HI/c1-7-3-6-4(5)8-2;/h3H2,1-2H3,(H2,5,6);1H. The summed E-state index contributed by atoms with van der Waals surface area (Å²) in [7, 11) is 1.61. The Balaban J connectivity index is 0. The number of nitrogens with two attached hydrogens (primary N) is 1. The van der Waals surface area contributed by atoms with E-state index >= 15 is 0 Å². The molecule has 56 valence electrons. The molecule has 0 aromatic carbocycles. The molecule has 0 aromatic heterocycles. The van der Waals surface area contributed by atoms with Crippen molar-refractivity contribution in [3.8, 4) is 0 Å². The van der Waals surface area contributed by atoms with Gasteiger partial charge in [-0.05, 0) is 18.0 Å². The lowest BCUT2D eigenvalue weighted by atomic mass is 11.2. The molecule has 0 aliphatic rings. The van der Waals surface area contributed by atoms with Crippen LogP contribution in [-0.2, 0) is 4.74 Å². The van der Waals surface area contributed by atoms with E-state index in [1.807, 2.05) is 6.26 Å². The lowest BCUT2D eigenvalue weighted by molar-refractivity contribution is -0.503. The molecule has 0 radical (unpaired) electrons. The number of ether oxygens (including phenoxy) is 1. The summed E-state index contributed by atoms with van der Waals surface area (Å²) in [5.41, 5.74) is 5.35. The van der Waals surface area contributed by atoms with Crippen molar-refractivity contribution in [1.82, 2.24) is 0 Å². The van der Waals surface area contributed by atoms with Crippen molar-refractivity contribution >= 4 is 16.9 Å². The van der Waals surface area contributed by atoms with Crippen LogP contribution in [0.15, 0.2) is 0 Å². The largest absolute Gasteiger partial charge is 1.00 e. The third-order valence-electron chi connectivity index (χ3n) is 0.611. The molecule has 0 aliphatic carbocycles. The first-order chi connectivity index (χ1) is 3.81. The van der Waals surface area contributed by atoms with Crippen LogP contribution in [0.2, 0.25) is 0 Å². The number of hydrogen-bond donors (Lipinski definition) is 2. The number of hydrogen-bond acceptors (Lipinski definition) is 2. The van der Waals surface area contributed by atoms with Crippen LogP contribution in [0, 0.1) is 0 Å². The van der Waals surface area contributed by atoms with Crippen LogP contribution < -0.4 is 34.7 Å². The van der Waals surface area contributed by atoms with Gasteiger partial charge in [-0.25, -0.2) is 4.99 Å². The van der Waals surface area contributed by atoms with Gasteiger partial charge in [-0.3, -0.25) is 5.73 Å². The number of thioether (sulfide) groups is 1. The molecule has 0 saturated heterocycles. The van der Waals surface area contributed by atoms with Gasteiger partial charge in [0.25, 0.3) is 0 Å². The smallest absolute Gasteiger partial charge is 0.303 e. The highest BCUT2D eigenvalue weighted by molar-refractivity contribution is 8.12. The highest BCUT2D eigenvalue weighted by Gasteiger charge is 1.89. The zero-order chi connectivity index (χ0) is 6.41. The maximum Gasteiger partial charge on any atom is 0.303 e. The van der Waals surface area contributed by atoms with Crippen molar-refractivity contribution in [2.45, 2.75) is 0 Å². The van der Waals surface area contributed by atoms with Gasteiger partial charge in [0.1, 0.15) is 0 Å². The molecule has 0 fully saturated rings. The summed E-state index contributed by atoms with van der Waals surface area (Å²) in [6, 6.07) is 0. The summed E-state index contributed by atoms with van der Waals surface area (Å²) >= 11 is 1.47. The molecule has 0 spiro atoms. The Hall–Kier alpha value is 0.510. The summed E-state index contributed by atoms with van der Waals surface area (Å²) in [5, 5.41) is 0.687. The minimum atomic E-state index is 0. The predicted octanol–water partition coefficient (Wildman–Crippen LogP) is -4.65. The molecular formula is C4H11IN2OS. The zero-order valence-electron chi connectivity index (χ0n) is 5.48. The molecule has 0 rings (SSSR count). The van der Waals surface area contributed by atoms with Crippen molar-refractivity contribution in [3.63, 3.8) is 0 Å². The number of nitrogens with one attached hydrogen (secondary N) is 1. The van der Waals surface area contributed by atoms with Gasteiger partial charge in [-0.15, -0.1) is 0 Å². The first-order valence-corrected chi connectivity index (χ1v) is 3.43. The minimum absolute atomic E-state index is 0. The third-order valence-corrected chi connectivity index (χ3v) is 1.19. The van der Waals surface area contributed by atoms with Crippen LogP contribution in [0.4, 0.5) is 0 Å². The fourth-order valence-corrected chi connectivity index (χ4v) is 0.419. The lowest BCUT2D eigenvalue weighted by Gasteiger charge is -1.86. The van der Waals surface area contributed by atoms with E-state index in [2.05, 4.69) is 9.73 Å². The van der Waals surface area contributed by atoms with E-state index < -0.39 is 0 Å². The summed E-state index contributed by atoms with van der Waals surface area (Å²) < 4.78 is 4.69. The van der Waals surface area contributed by atoms with Crippen LogP contribution in [-0.4, -0.2) is 25.3 Å². The van der Waals surface area contributed by atoms with E-state index in [4.69, 9.17) is 5.73 Å². The molecular weight excluding hydrogens is 251 g/mol.